The number of nitrogens with one attached hydrogen (secondary N) is 1. The number of amides is 3. The van der Waals surface area contributed by atoms with E-state index in [4.69, 9.17) is 9.47 Å². The summed E-state index contributed by atoms with van der Waals surface area (Å²) in [4.78, 5) is 36.0. The average Bonchev–Trinajstić information content (AvgIpc) is 2.84. The molecule has 1 aromatic rings. The predicted octanol–water partition coefficient (Wildman–Crippen LogP) is 1.18. The Morgan fingerprint density at radius 3 is 2.45 bits per heavy atom. The van der Waals surface area contributed by atoms with Gasteiger partial charge in [-0.3, -0.25) is 19.3 Å². The first-order chi connectivity index (χ1) is 10.5. The number of hydrogen-bond donors (Lipinski definition) is 1. The second-order valence-electron chi connectivity index (χ2n) is 4.80. The van der Waals surface area contributed by atoms with Gasteiger partial charge in [0.2, 0.25) is 17.7 Å². The smallest absolute Gasteiger partial charge is 0.229 e. The first kappa shape index (κ1) is 15.8. The van der Waals surface area contributed by atoms with Gasteiger partial charge in [0.1, 0.15) is 11.5 Å². The Labute approximate surface area is 128 Å². The molecule has 118 valence electrons. The molecule has 7 nitrogen and oxygen atoms in total. The van der Waals surface area contributed by atoms with Gasteiger partial charge in [-0.15, -0.1) is 0 Å². The molecule has 0 spiro atoms. The molecule has 1 fully saturated rings. The van der Waals surface area contributed by atoms with Crippen molar-refractivity contribution in [2.75, 3.05) is 26.1 Å². The number of carbonyl (C=O) groups is 3. The lowest BCUT2D eigenvalue weighted by Gasteiger charge is -2.14. The molecule has 22 heavy (non-hydrogen) atoms. The Bertz CT molecular complexity index is 584. The van der Waals surface area contributed by atoms with Crippen molar-refractivity contribution in [1.82, 2.24) is 4.90 Å². The lowest BCUT2D eigenvalue weighted by atomic mass is 10.2. The molecule has 1 heterocycles. The number of rotatable bonds is 6. The van der Waals surface area contributed by atoms with E-state index < -0.39 is 0 Å². The fraction of sp³-hybridized carbons (Fsp3) is 0.400. The number of anilines is 1. The van der Waals surface area contributed by atoms with Gasteiger partial charge in [-0.1, -0.05) is 0 Å². The van der Waals surface area contributed by atoms with Gasteiger partial charge in [-0.2, -0.15) is 0 Å². The molecule has 2 rings (SSSR count). The highest BCUT2D eigenvalue weighted by molar-refractivity contribution is 6.02. The molecule has 7 heteroatoms. The lowest BCUT2D eigenvalue weighted by Crippen LogP contribution is -2.32. The third-order valence-electron chi connectivity index (χ3n) is 3.40. The van der Waals surface area contributed by atoms with Crippen LogP contribution >= 0.6 is 0 Å². The van der Waals surface area contributed by atoms with Gasteiger partial charge < -0.3 is 14.8 Å². The van der Waals surface area contributed by atoms with Crippen molar-refractivity contribution in [2.45, 2.75) is 19.3 Å². The Morgan fingerprint density at radius 2 is 1.86 bits per heavy atom. The van der Waals surface area contributed by atoms with Crippen molar-refractivity contribution in [3.05, 3.63) is 18.2 Å². The maximum Gasteiger partial charge on any atom is 0.229 e. The number of methoxy groups -OCH3 is 2. The van der Waals surface area contributed by atoms with Gasteiger partial charge in [0.25, 0.3) is 0 Å². The monoisotopic (exact) mass is 306 g/mol. The fourth-order valence-electron chi connectivity index (χ4n) is 2.20. The summed E-state index contributed by atoms with van der Waals surface area (Å²) in [5, 5.41) is 2.70. The quantitative estimate of drug-likeness (QED) is 0.798. The van der Waals surface area contributed by atoms with E-state index in [1.165, 1.54) is 14.2 Å². The van der Waals surface area contributed by atoms with Crippen molar-refractivity contribution in [1.29, 1.82) is 0 Å². The Morgan fingerprint density at radius 1 is 1.18 bits per heavy atom. The number of imide groups is 1. The molecule has 1 aliphatic rings. The normalized spacial score (nSPS) is 14.2. The molecule has 0 aliphatic carbocycles. The van der Waals surface area contributed by atoms with Crippen LogP contribution in [-0.4, -0.2) is 43.4 Å². The summed E-state index contributed by atoms with van der Waals surface area (Å²) in [5.74, 6) is 0.347. The summed E-state index contributed by atoms with van der Waals surface area (Å²) in [6.07, 6.45) is 0.506. The standard InChI is InChI=1S/C15H18N2O5/c1-21-10-3-4-11(12(9-10)22-2)16-13(18)7-8-17-14(19)5-6-15(17)20/h3-4,9H,5-8H2,1-2H3,(H,16,18). The molecular formula is C15H18N2O5. The fourth-order valence-corrected chi connectivity index (χ4v) is 2.20. The van der Waals surface area contributed by atoms with E-state index in [-0.39, 0.29) is 43.5 Å². The van der Waals surface area contributed by atoms with Gasteiger partial charge >= 0.3 is 0 Å². The van der Waals surface area contributed by atoms with Crippen molar-refractivity contribution < 1.29 is 23.9 Å². The summed E-state index contributed by atoms with van der Waals surface area (Å²) in [6.45, 7) is 0.0992. The minimum Gasteiger partial charge on any atom is -0.497 e. The van der Waals surface area contributed by atoms with E-state index in [9.17, 15) is 14.4 Å². The molecule has 1 aromatic carbocycles. The molecule has 0 atom stereocenters. The van der Waals surface area contributed by atoms with Crippen molar-refractivity contribution in [2.24, 2.45) is 0 Å². The molecule has 3 amide bonds. The van der Waals surface area contributed by atoms with Gasteiger partial charge in [0, 0.05) is 31.9 Å². The summed E-state index contributed by atoms with van der Waals surface area (Å²) < 4.78 is 10.3. The van der Waals surface area contributed by atoms with Crippen LogP contribution in [0.3, 0.4) is 0 Å². The first-order valence-corrected chi connectivity index (χ1v) is 6.90. The van der Waals surface area contributed by atoms with E-state index in [1.807, 2.05) is 0 Å². The minimum atomic E-state index is -0.295. The van der Waals surface area contributed by atoms with E-state index >= 15 is 0 Å². The molecule has 0 saturated carbocycles. The molecule has 0 bridgehead atoms. The highest BCUT2D eigenvalue weighted by Gasteiger charge is 2.28. The highest BCUT2D eigenvalue weighted by Crippen LogP contribution is 2.29. The highest BCUT2D eigenvalue weighted by atomic mass is 16.5. The third-order valence-corrected chi connectivity index (χ3v) is 3.40. The van der Waals surface area contributed by atoms with E-state index in [1.54, 1.807) is 18.2 Å². The zero-order valence-electron chi connectivity index (χ0n) is 12.5. The molecule has 0 aromatic heterocycles. The van der Waals surface area contributed by atoms with Crippen LogP contribution in [0.1, 0.15) is 19.3 Å². The Balaban J connectivity index is 1.94. The zero-order valence-corrected chi connectivity index (χ0v) is 12.5. The summed E-state index contributed by atoms with van der Waals surface area (Å²) in [6, 6.07) is 5.02. The van der Waals surface area contributed by atoms with Crippen LogP contribution in [0.15, 0.2) is 18.2 Å². The largest absolute Gasteiger partial charge is 0.497 e. The molecule has 1 N–H and O–H groups in total. The second kappa shape index (κ2) is 6.93. The number of ether oxygens (including phenoxy) is 2. The van der Waals surface area contributed by atoms with Crippen molar-refractivity contribution in [3.63, 3.8) is 0 Å². The molecular weight excluding hydrogens is 288 g/mol. The summed E-state index contributed by atoms with van der Waals surface area (Å²) >= 11 is 0. The van der Waals surface area contributed by atoms with E-state index in [0.717, 1.165) is 4.90 Å². The van der Waals surface area contributed by atoms with Gasteiger partial charge in [0.05, 0.1) is 19.9 Å². The van der Waals surface area contributed by atoms with Crippen molar-refractivity contribution >= 4 is 23.4 Å². The number of nitrogens with zero attached hydrogens (tertiary/aromatic N) is 1. The van der Waals surface area contributed by atoms with Crippen molar-refractivity contribution in [3.8, 4) is 11.5 Å². The molecule has 1 aliphatic heterocycles. The predicted molar refractivity (Wildman–Crippen MR) is 78.7 cm³/mol. The van der Waals surface area contributed by atoms with E-state index in [0.29, 0.717) is 17.2 Å². The average molecular weight is 306 g/mol. The Kier molecular flexibility index (Phi) is 4.98. The Hall–Kier alpha value is -2.57. The van der Waals surface area contributed by atoms with Crippen LogP contribution < -0.4 is 14.8 Å². The van der Waals surface area contributed by atoms with Crippen LogP contribution in [0.25, 0.3) is 0 Å². The number of likely N-dealkylation sites (tertiary alicyclic amines) is 1. The van der Waals surface area contributed by atoms with Crippen LogP contribution in [-0.2, 0) is 14.4 Å². The number of benzene rings is 1. The van der Waals surface area contributed by atoms with Crippen LogP contribution in [0.2, 0.25) is 0 Å². The number of hydrogen-bond acceptors (Lipinski definition) is 5. The van der Waals surface area contributed by atoms with Crippen LogP contribution in [0.5, 0.6) is 11.5 Å². The lowest BCUT2D eigenvalue weighted by molar-refractivity contribution is -0.138. The first-order valence-electron chi connectivity index (χ1n) is 6.90. The van der Waals surface area contributed by atoms with E-state index in [2.05, 4.69) is 5.32 Å². The number of carbonyl (C=O) groups excluding carboxylic acids is 3. The van der Waals surface area contributed by atoms with Crippen LogP contribution in [0, 0.1) is 0 Å². The maximum absolute atomic E-state index is 12.0. The van der Waals surface area contributed by atoms with Gasteiger partial charge in [-0.25, -0.2) is 0 Å². The summed E-state index contributed by atoms with van der Waals surface area (Å²) in [5.41, 5.74) is 0.507. The molecule has 0 radical (unpaired) electrons. The SMILES string of the molecule is COc1ccc(NC(=O)CCN2C(=O)CCC2=O)c(OC)c1. The summed E-state index contributed by atoms with van der Waals surface area (Å²) in [7, 11) is 3.03. The zero-order chi connectivity index (χ0) is 16.1. The van der Waals surface area contributed by atoms with Crippen LogP contribution in [0.4, 0.5) is 5.69 Å². The molecule has 0 unspecified atom stereocenters. The van der Waals surface area contributed by atoms with Gasteiger partial charge in [0.15, 0.2) is 0 Å². The third kappa shape index (κ3) is 3.55. The van der Waals surface area contributed by atoms with Gasteiger partial charge in [-0.05, 0) is 12.1 Å². The minimum absolute atomic E-state index is 0.0483. The second-order valence-corrected chi connectivity index (χ2v) is 4.80. The maximum atomic E-state index is 12.0. The topological polar surface area (TPSA) is 84.9 Å². The molecule has 1 saturated heterocycles.